The molecule has 8 nitrogen and oxygen atoms in total. The number of likely N-dealkylation sites (N-methyl/N-ethyl adjacent to an activating group) is 1. The van der Waals surface area contributed by atoms with Crippen LogP contribution in [-0.2, 0) is 16.4 Å². The zero-order valence-electron chi connectivity index (χ0n) is 20.4. The first-order chi connectivity index (χ1) is 16.2. The fourth-order valence-corrected chi connectivity index (χ4v) is 4.20. The van der Waals surface area contributed by atoms with Crippen molar-refractivity contribution in [2.75, 3.05) is 51.9 Å². The molecular weight excluding hydrogens is 454 g/mol. The highest BCUT2D eigenvalue weighted by atomic mass is 32.2. The van der Waals surface area contributed by atoms with Crippen LogP contribution in [0.5, 0.6) is 17.2 Å². The largest absolute Gasteiger partial charge is 0.493 e. The molecule has 184 valence electrons. The van der Waals surface area contributed by atoms with Gasteiger partial charge in [0.05, 0.1) is 31.9 Å². The Hall–Kier alpha value is -3.17. The highest BCUT2D eigenvalue weighted by Crippen LogP contribution is 2.30. The van der Waals surface area contributed by atoms with Gasteiger partial charge in [0.15, 0.2) is 11.5 Å². The molecule has 1 heterocycles. The maximum Gasteiger partial charge on any atom is 0.229 e. The first kappa shape index (κ1) is 25.5. The average Bonchev–Trinajstić information content (AvgIpc) is 3.32. The van der Waals surface area contributed by atoms with Crippen molar-refractivity contribution in [1.82, 2.24) is 9.47 Å². The minimum atomic E-state index is -3.37. The Balaban J connectivity index is 1.61. The van der Waals surface area contributed by atoms with Crippen LogP contribution in [0.3, 0.4) is 0 Å². The van der Waals surface area contributed by atoms with Gasteiger partial charge >= 0.3 is 0 Å². The van der Waals surface area contributed by atoms with Gasteiger partial charge in [-0.05, 0) is 74.0 Å². The third kappa shape index (κ3) is 6.91. The molecule has 0 aliphatic carbocycles. The summed E-state index contributed by atoms with van der Waals surface area (Å²) in [5, 5.41) is 0. The van der Waals surface area contributed by atoms with Gasteiger partial charge in [0, 0.05) is 25.5 Å². The molecule has 0 amide bonds. The maximum absolute atomic E-state index is 11.6. The van der Waals surface area contributed by atoms with Crippen molar-refractivity contribution in [3.63, 3.8) is 0 Å². The molecule has 0 spiro atoms. The molecule has 0 aliphatic rings. The summed E-state index contributed by atoms with van der Waals surface area (Å²) in [7, 11) is 1.98. The van der Waals surface area contributed by atoms with E-state index in [9.17, 15) is 8.42 Å². The standard InChI is InChI=1S/C25H33N3O5S/c1-19-16-24(31-3)25(32-4)17-20(19)10-13-27(2)14-15-33-23-9-8-21(26-34(5,29)30)18-22(23)28-11-6-7-12-28/h6-9,11-12,16-18,26H,10,13-15H2,1-5H3. The van der Waals surface area contributed by atoms with Crippen LogP contribution in [0, 0.1) is 6.92 Å². The Kier molecular flexibility index (Phi) is 8.46. The molecule has 9 heteroatoms. The molecule has 2 aromatic carbocycles. The lowest BCUT2D eigenvalue weighted by Crippen LogP contribution is -2.26. The summed E-state index contributed by atoms with van der Waals surface area (Å²) in [6.07, 6.45) is 5.79. The van der Waals surface area contributed by atoms with Crippen molar-refractivity contribution in [3.05, 3.63) is 66.0 Å². The number of nitrogens with one attached hydrogen (secondary N) is 1. The minimum Gasteiger partial charge on any atom is -0.493 e. The average molecular weight is 488 g/mol. The number of nitrogens with zero attached hydrogens (tertiary/aromatic N) is 2. The van der Waals surface area contributed by atoms with E-state index >= 15 is 0 Å². The number of methoxy groups -OCH3 is 2. The number of benzene rings is 2. The van der Waals surface area contributed by atoms with Crippen LogP contribution in [0.2, 0.25) is 0 Å². The van der Waals surface area contributed by atoms with Gasteiger partial charge in [-0.1, -0.05) is 0 Å². The van der Waals surface area contributed by atoms with Crippen molar-refractivity contribution in [3.8, 4) is 22.9 Å². The number of aryl methyl sites for hydroxylation is 1. The third-order valence-corrected chi connectivity index (χ3v) is 6.09. The molecule has 1 aromatic heterocycles. The summed E-state index contributed by atoms with van der Waals surface area (Å²) in [4.78, 5) is 2.21. The first-order valence-electron chi connectivity index (χ1n) is 11.0. The molecule has 3 aromatic rings. The van der Waals surface area contributed by atoms with Crippen LogP contribution in [0.1, 0.15) is 11.1 Å². The lowest BCUT2D eigenvalue weighted by Gasteiger charge is -2.20. The molecule has 0 fully saturated rings. The van der Waals surface area contributed by atoms with E-state index < -0.39 is 10.0 Å². The maximum atomic E-state index is 11.6. The van der Waals surface area contributed by atoms with E-state index in [-0.39, 0.29) is 0 Å². The van der Waals surface area contributed by atoms with Crippen LogP contribution >= 0.6 is 0 Å². The highest BCUT2D eigenvalue weighted by molar-refractivity contribution is 7.92. The van der Waals surface area contributed by atoms with Crippen LogP contribution in [0.15, 0.2) is 54.9 Å². The predicted molar refractivity (Wildman–Crippen MR) is 135 cm³/mol. The second-order valence-corrected chi connectivity index (χ2v) is 9.93. The van der Waals surface area contributed by atoms with E-state index in [4.69, 9.17) is 14.2 Å². The monoisotopic (exact) mass is 487 g/mol. The van der Waals surface area contributed by atoms with E-state index in [2.05, 4.69) is 23.6 Å². The fraction of sp³-hybridized carbons (Fsp3) is 0.360. The van der Waals surface area contributed by atoms with Gasteiger partial charge in [-0.15, -0.1) is 0 Å². The molecule has 1 N–H and O–H groups in total. The Morgan fingerprint density at radius 3 is 2.29 bits per heavy atom. The SMILES string of the molecule is COc1cc(C)c(CCN(C)CCOc2ccc(NS(C)(=O)=O)cc2-n2cccc2)cc1OC. The van der Waals surface area contributed by atoms with Crippen LogP contribution in [0.25, 0.3) is 5.69 Å². The molecule has 0 aliphatic heterocycles. The van der Waals surface area contributed by atoms with Crippen LogP contribution in [-0.4, -0.2) is 65.1 Å². The van der Waals surface area contributed by atoms with Crippen LogP contribution in [0.4, 0.5) is 5.69 Å². The molecule has 0 atom stereocenters. The lowest BCUT2D eigenvalue weighted by molar-refractivity contribution is 0.238. The van der Waals surface area contributed by atoms with Crippen molar-refractivity contribution in [2.24, 2.45) is 0 Å². The second-order valence-electron chi connectivity index (χ2n) is 8.18. The van der Waals surface area contributed by atoms with Crippen molar-refractivity contribution in [1.29, 1.82) is 0 Å². The van der Waals surface area contributed by atoms with Crippen molar-refractivity contribution >= 4 is 15.7 Å². The molecule has 0 saturated heterocycles. The molecule has 0 bridgehead atoms. The molecule has 0 unspecified atom stereocenters. The molecular formula is C25H33N3O5S. The molecule has 34 heavy (non-hydrogen) atoms. The van der Waals surface area contributed by atoms with Gasteiger partial charge in [0.25, 0.3) is 0 Å². The number of hydrogen-bond acceptors (Lipinski definition) is 6. The van der Waals surface area contributed by atoms with Gasteiger partial charge in [-0.2, -0.15) is 0 Å². The number of rotatable bonds is 12. The normalized spacial score (nSPS) is 11.5. The van der Waals surface area contributed by atoms with Gasteiger partial charge in [0.2, 0.25) is 10.0 Å². The van der Waals surface area contributed by atoms with Gasteiger partial charge in [-0.3, -0.25) is 4.72 Å². The third-order valence-electron chi connectivity index (χ3n) is 5.48. The Morgan fingerprint density at radius 1 is 0.971 bits per heavy atom. The predicted octanol–water partition coefficient (Wildman–Crippen LogP) is 3.73. The summed E-state index contributed by atoms with van der Waals surface area (Å²) in [6, 6.07) is 13.1. The van der Waals surface area contributed by atoms with E-state index in [1.54, 1.807) is 32.4 Å². The smallest absolute Gasteiger partial charge is 0.229 e. The molecule has 0 radical (unpaired) electrons. The summed E-state index contributed by atoms with van der Waals surface area (Å²) in [5.41, 5.74) is 3.64. The minimum absolute atomic E-state index is 0.487. The fourth-order valence-electron chi connectivity index (χ4n) is 3.64. The van der Waals surface area contributed by atoms with E-state index in [1.165, 1.54) is 11.1 Å². The zero-order valence-corrected chi connectivity index (χ0v) is 21.2. The number of aromatic nitrogens is 1. The van der Waals surface area contributed by atoms with Gasteiger partial charge in [-0.25, -0.2) is 8.42 Å². The van der Waals surface area contributed by atoms with Crippen molar-refractivity contribution < 1.29 is 22.6 Å². The van der Waals surface area contributed by atoms with Crippen molar-refractivity contribution in [2.45, 2.75) is 13.3 Å². The Labute approximate surface area is 202 Å². The number of ether oxygens (including phenoxy) is 3. The van der Waals surface area contributed by atoms with Gasteiger partial charge < -0.3 is 23.7 Å². The quantitative estimate of drug-likeness (QED) is 0.419. The molecule has 0 saturated carbocycles. The van der Waals surface area contributed by atoms with Gasteiger partial charge in [0.1, 0.15) is 12.4 Å². The second kappa shape index (κ2) is 11.3. The summed E-state index contributed by atoms with van der Waals surface area (Å²) in [5.74, 6) is 2.15. The number of hydrogen-bond donors (Lipinski definition) is 1. The first-order valence-corrected chi connectivity index (χ1v) is 12.9. The highest BCUT2D eigenvalue weighted by Gasteiger charge is 2.12. The summed E-state index contributed by atoms with van der Waals surface area (Å²) < 4.78 is 44.5. The number of anilines is 1. The van der Waals surface area contributed by atoms with E-state index in [1.807, 2.05) is 41.2 Å². The van der Waals surface area contributed by atoms with E-state index in [0.717, 1.165) is 43.0 Å². The Bertz CT molecular complexity index is 1190. The van der Waals surface area contributed by atoms with E-state index in [0.29, 0.717) is 18.0 Å². The zero-order chi connectivity index (χ0) is 24.7. The lowest BCUT2D eigenvalue weighted by atomic mass is 10.0. The topological polar surface area (TPSA) is 82.0 Å². The Morgan fingerprint density at radius 2 is 1.65 bits per heavy atom. The van der Waals surface area contributed by atoms with Crippen LogP contribution < -0.4 is 18.9 Å². The summed E-state index contributed by atoms with van der Waals surface area (Å²) in [6.45, 7) is 4.17. The summed E-state index contributed by atoms with van der Waals surface area (Å²) >= 11 is 0. The number of sulfonamides is 1. The molecule has 3 rings (SSSR count).